The van der Waals surface area contributed by atoms with Gasteiger partial charge in [-0.05, 0) is 37.3 Å². The molecule has 0 amide bonds. The van der Waals surface area contributed by atoms with Crippen LogP contribution in [0.5, 0.6) is 0 Å². The minimum absolute atomic E-state index is 0.119. The molecule has 32 heavy (non-hydrogen) atoms. The number of imidazole rings is 1. The molecular formula is C21H14Cl2FN7O. The van der Waals surface area contributed by atoms with E-state index in [0.717, 1.165) is 6.07 Å². The lowest BCUT2D eigenvalue weighted by Gasteiger charge is -2.21. The van der Waals surface area contributed by atoms with E-state index in [1.54, 1.807) is 18.2 Å². The van der Waals surface area contributed by atoms with Crippen molar-refractivity contribution in [1.82, 2.24) is 29.5 Å². The number of fused-ring (bicyclic) bond motifs is 2. The molecule has 1 atom stereocenters. The number of hydrogen-bond acceptors (Lipinski definition) is 6. The fourth-order valence-electron chi connectivity index (χ4n) is 3.50. The number of rotatable bonds is 4. The first-order valence-electron chi connectivity index (χ1n) is 9.51. The molecular weight excluding hydrogens is 456 g/mol. The van der Waals surface area contributed by atoms with Gasteiger partial charge in [0.1, 0.15) is 23.5 Å². The molecule has 0 saturated carbocycles. The van der Waals surface area contributed by atoms with Crippen LogP contribution in [-0.2, 0) is 0 Å². The quantitative estimate of drug-likeness (QED) is 0.396. The Balaban J connectivity index is 1.74. The highest BCUT2D eigenvalue weighted by molar-refractivity contribution is 6.43. The van der Waals surface area contributed by atoms with Gasteiger partial charge in [-0.1, -0.05) is 29.3 Å². The Hall–Kier alpha value is -3.56. The van der Waals surface area contributed by atoms with E-state index in [0.29, 0.717) is 34.0 Å². The summed E-state index contributed by atoms with van der Waals surface area (Å²) in [6.45, 7) is 1.81. The normalized spacial score (nSPS) is 12.4. The van der Waals surface area contributed by atoms with Crippen LogP contribution in [0, 0.1) is 5.82 Å². The highest BCUT2D eigenvalue weighted by atomic mass is 35.5. The molecule has 2 N–H and O–H groups in total. The van der Waals surface area contributed by atoms with Crippen molar-refractivity contribution in [1.29, 1.82) is 0 Å². The van der Waals surface area contributed by atoms with Crippen LogP contribution in [0.25, 0.3) is 27.8 Å². The van der Waals surface area contributed by atoms with Crippen LogP contribution < -0.4 is 10.9 Å². The summed E-state index contributed by atoms with van der Waals surface area (Å²) in [7, 11) is 0. The summed E-state index contributed by atoms with van der Waals surface area (Å²) in [5, 5.41) is 3.80. The molecule has 160 valence electrons. The molecule has 2 aromatic carbocycles. The van der Waals surface area contributed by atoms with Gasteiger partial charge in [0, 0.05) is 0 Å². The smallest absolute Gasteiger partial charge is 0.266 e. The van der Waals surface area contributed by atoms with Crippen molar-refractivity contribution >= 4 is 51.1 Å². The second kappa shape index (κ2) is 7.85. The maximum Gasteiger partial charge on any atom is 0.266 e. The highest BCUT2D eigenvalue weighted by Crippen LogP contribution is 2.30. The largest absolute Gasteiger partial charge is 0.358 e. The van der Waals surface area contributed by atoms with Crippen LogP contribution in [0.1, 0.15) is 18.8 Å². The maximum absolute atomic E-state index is 13.9. The number of hydrogen-bond donors (Lipinski definition) is 2. The third-order valence-corrected chi connectivity index (χ3v) is 5.79. The van der Waals surface area contributed by atoms with Crippen LogP contribution in [0.3, 0.4) is 0 Å². The number of aromatic nitrogens is 6. The Morgan fingerprint density at radius 2 is 2.00 bits per heavy atom. The van der Waals surface area contributed by atoms with Gasteiger partial charge in [0.2, 0.25) is 0 Å². The number of H-pyrrole nitrogens is 1. The summed E-state index contributed by atoms with van der Waals surface area (Å²) >= 11 is 12.6. The SMILES string of the molecule is C[C@@H](Nc1ncnc2[nH]cnc12)c1nc2ccc(F)cc2c(=O)n1-c1cccc(Cl)c1Cl. The van der Waals surface area contributed by atoms with E-state index in [-0.39, 0.29) is 15.4 Å². The summed E-state index contributed by atoms with van der Waals surface area (Å²) in [6.07, 6.45) is 2.91. The maximum atomic E-state index is 13.9. The van der Waals surface area contributed by atoms with Gasteiger partial charge < -0.3 is 10.3 Å². The first-order chi connectivity index (χ1) is 15.4. The van der Waals surface area contributed by atoms with Crippen molar-refractivity contribution in [2.45, 2.75) is 13.0 Å². The zero-order chi connectivity index (χ0) is 22.4. The minimum Gasteiger partial charge on any atom is -0.358 e. The van der Waals surface area contributed by atoms with Crippen molar-refractivity contribution in [3.63, 3.8) is 0 Å². The van der Waals surface area contributed by atoms with Crippen molar-refractivity contribution in [2.24, 2.45) is 0 Å². The first-order valence-corrected chi connectivity index (χ1v) is 10.3. The molecule has 0 saturated heterocycles. The van der Waals surface area contributed by atoms with E-state index < -0.39 is 17.4 Å². The van der Waals surface area contributed by atoms with Crippen molar-refractivity contribution in [3.8, 4) is 5.69 Å². The lowest BCUT2D eigenvalue weighted by molar-refractivity contribution is 0.629. The van der Waals surface area contributed by atoms with Crippen LogP contribution in [0.4, 0.5) is 10.2 Å². The van der Waals surface area contributed by atoms with Crippen molar-refractivity contribution in [2.75, 3.05) is 5.32 Å². The number of nitrogens with one attached hydrogen (secondary N) is 2. The van der Waals surface area contributed by atoms with E-state index in [1.165, 1.54) is 29.4 Å². The molecule has 0 bridgehead atoms. The van der Waals surface area contributed by atoms with Crippen LogP contribution in [0.2, 0.25) is 10.0 Å². The molecule has 3 aromatic heterocycles. The van der Waals surface area contributed by atoms with Crippen molar-refractivity contribution in [3.05, 3.63) is 81.1 Å². The van der Waals surface area contributed by atoms with Gasteiger partial charge in [-0.15, -0.1) is 0 Å². The van der Waals surface area contributed by atoms with E-state index >= 15 is 0 Å². The molecule has 0 spiro atoms. The Labute approximate surface area is 190 Å². The number of nitrogens with zero attached hydrogens (tertiary/aromatic N) is 5. The summed E-state index contributed by atoms with van der Waals surface area (Å²) in [5.41, 5.74) is 1.31. The summed E-state index contributed by atoms with van der Waals surface area (Å²) in [6, 6.07) is 8.28. The zero-order valence-corrected chi connectivity index (χ0v) is 18.0. The molecule has 5 rings (SSSR count). The van der Waals surface area contributed by atoms with Gasteiger partial charge >= 0.3 is 0 Å². The lowest BCUT2D eigenvalue weighted by Crippen LogP contribution is -2.27. The molecule has 5 aromatic rings. The summed E-state index contributed by atoms with van der Waals surface area (Å²) in [4.78, 5) is 33.7. The highest BCUT2D eigenvalue weighted by Gasteiger charge is 2.22. The number of anilines is 1. The van der Waals surface area contributed by atoms with Gasteiger partial charge in [0.25, 0.3) is 5.56 Å². The predicted molar refractivity (Wildman–Crippen MR) is 121 cm³/mol. The van der Waals surface area contributed by atoms with Gasteiger partial charge in [-0.3, -0.25) is 9.36 Å². The van der Waals surface area contributed by atoms with Crippen molar-refractivity contribution < 1.29 is 4.39 Å². The minimum atomic E-state index is -0.541. The van der Waals surface area contributed by atoms with Crippen LogP contribution in [-0.4, -0.2) is 29.5 Å². The van der Waals surface area contributed by atoms with Gasteiger partial charge in [-0.25, -0.2) is 24.3 Å². The fraction of sp³-hybridized carbons (Fsp3) is 0.0952. The number of halogens is 3. The molecule has 0 radical (unpaired) electrons. The molecule has 0 fully saturated rings. The monoisotopic (exact) mass is 469 g/mol. The molecule has 3 heterocycles. The van der Waals surface area contributed by atoms with Crippen LogP contribution in [0.15, 0.2) is 53.8 Å². The molecule has 0 aliphatic rings. The van der Waals surface area contributed by atoms with Gasteiger partial charge in [-0.2, -0.15) is 0 Å². The van der Waals surface area contributed by atoms with Crippen LogP contribution >= 0.6 is 23.2 Å². The Kier molecular flexibility index (Phi) is 4.99. The molecule has 11 heteroatoms. The molecule has 8 nitrogen and oxygen atoms in total. The standard InChI is InChI=1S/C21H14Cl2FN7O/c1-10(29-19-17-18(26-8-25-17)27-9-28-19)20-30-14-6-5-11(24)7-12(14)21(32)31(20)15-4-2-3-13(22)16(15)23/h2-10H,1H3,(H2,25,26,27,28,29)/t10-/m1/s1. The molecule has 0 unspecified atom stereocenters. The average Bonchev–Trinajstić information content (AvgIpc) is 3.26. The number of benzene rings is 2. The van der Waals surface area contributed by atoms with E-state index in [1.807, 2.05) is 6.92 Å². The van der Waals surface area contributed by atoms with E-state index in [9.17, 15) is 9.18 Å². The molecule has 0 aliphatic carbocycles. The first kappa shape index (κ1) is 20.3. The van der Waals surface area contributed by atoms with E-state index in [2.05, 4.69) is 30.2 Å². The third-order valence-electron chi connectivity index (χ3n) is 4.99. The lowest BCUT2D eigenvalue weighted by atomic mass is 10.2. The topological polar surface area (TPSA) is 101 Å². The fourth-order valence-corrected chi connectivity index (χ4v) is 3.88. The number of aromatic amines is 1. The Bertz CT molecular complexity index is 1550. The second-order valence-electron chi connectivity index (χ2n) is 7.03. The summed E-state index contributed by atoms with van der Waals surface area (Å²) < 4.78 is 15.2. The Morgan fingerprint density at radius 3 is 2.84 bits per heavy atom. The molecule has 0 aliphatic heterocycles. The average molecular weight is 470 g/mol. The van der Waals surface area contributed by atoms with E-state index in [4.69, 9.17) is 23.2 Å². The summed E-state index contributed by atoms with van der Waals surface area (Å²) in [5.74, 6) is 0.252. The van der Waals surface area contributed by atoms with Gasteiger partial charge in [0.15, 0.2) is 11.5 Å². The predicted octanol–water partition coefficient (Wildman–Crippen LogP) is 4.67. The zero-order valence-electron chi connectivity index (χ0n) is 16.5. The van der Waals surface area contributed by atoms with Gasteiger partial charge in [0.05, 0.1) is 39.0 Å². The Morgan fingerprint density at radius 1 is 1.16 bits per heavy atom. The second-order valence-corrected chi connectivity index (χ2v) is 7.82. The third kappa shape index (κ3) is 3.35.